The fraction of sp³-hybridized carbons (Fsp3) is 0.400. The van der Waals surface area contributed by atoms with Crippen molar-refractivity contribution in [3.8, 4) is 11.8 Å². The molecule has 0 atom stereocenters. The van der Waals surface area contributed by atoms with Crippen LogP contribution >= 0.6 is 0 Å². The van der Waals surface area contributed by atoms with E-state index >= 15 is 4.39 Å². The average Bonchev–Trinajstić information content (AvgIpc) is 2.80. The van der Waals surface area contributed by atoms with Crippen molar-refractivity contribution in [3.05, 3.63) is 82.7 Å². The van der Waals surface area contributed by atoms with Crippen LogP contribution in [-0.4, -0.2) is 0 Å². The SMILES string of the molecule is CCCCCc1ccc2c(F)c(C#Cc3ccc(C4CCC(C)CC4)cc3)ccc2c1. The van der Waals surface area contributed by atoms with Crippen LogP contribution in [0.4, 0.5) is 4.39 Å². The maximum Gasteiger partial charge on any atom is 0.146 e. The van der Waals surface area contributed by atoms with Gasteiger partial charge in [0.05, 0.1) is 5.56 Å². The minimum atomic E-state index is -0.210. The Labute approximate surface area is 186 Å². The van der Waals surface area contributed by atoms with E-state index in [4.69, 9.17) is 0 Å². The molecule has 0 spiro atoms. The molecule has 0 amide bonds. The monoisotopic (exact) mass is 412 g/mol. The molecule has 1 heteroatoms. The van der Waals surface area contributed by atoms with Crippen LogP contribution in [0.3, 0.4) is 0 Å². The van der Waals surface area contributed by atoms with Crippen molar-refractivity contribution in [2.45, 2.75) is 71.1 Å². The molecule has 3 aromatic rings. The zero-order chi connectivity index (χ0) is 21.6. The summed E-state index contributed by atoms with van der Waals surface area (Å²) in [6, 6.07) is 18.5. The normalized spacial score (nSPS) is 18.5. The molecule has 0 saturated heterocycles. The number of unbranched alkanes of at least 4 members (excludes halogenated alkanes) is 2. The summed E-state index contributed by atoms with van der Waals surface area (Å²) in [5, 5.41) is 1.62. The third-order valence-electron chi connectivity index (χ3n) is 6.83. The third kappa shape index (κ3) is 5.37. The summed E-state index contributed by atoms with van der Waals surface area (Å²) in [5.74, 6) is 7.56. The maximum absolute atomic E-state index is 15.0. The molecular formula is C30H33F. The molecule has 3 aromatic carbocycles. The van der Waals surface area contributed by atoms with Crippen molar-refractivity contribution < 1.29 is 4.39 Å². The van der Waals surface area contributed by atoms with Gasteiger partial charge < -0.3 is 0 Å². The first kappa shape index (κ1) is 21.6. The van der Waals surface area contributed by atoms with Gasteiger partial charge in [0.25, 0.3) is 0 Å². The summed E-state index contributed by atoms with van der Waals surface area (Å²) in [7, 11) is 0. The molecule has 0 unspecified atom stereocenters. The van der Waals surface area contributed by atoms with Crippen LogP contribution in [0.15, 0.2) is 54.6 Å². The van der Waals surface area contributed by atoms with Crippen LogP contribution < -0.4 is 0 Å². The lowest BCUT2D eigenvalue weighted by Crippen LogP contribution is -2.10. The van der Waals surface area contributed by atoms with Crippen LogP contribution in [0.5, 0.6) is 0 Å². The Morgan fingerprint density at radius 2 is 1.65 bits per heavy atom. The van der Waals surface area contributed by atoms with Crippen molar-refractivity contribution in [2.24, 2.45) is 5.92 Å². The number of fused-ring (bicyclic) bond motifs is 1. The van der Waals surface area contributed by atoms with Gasteiger partial charge in [0.1, 0.15) is 5.82 Å². The molecule has 1 aliphatic carbocycles. The lowest BCUT2D eigenvalue weighted by molar-refractivity contribution is 0.348. The van der Waals surface area contributed by atoms with Crippen molar-refractivity contribution in [3.63, 3.8) is 0 Å². The molecule has 0 N–H and O–H groups in total. The molecule has 1 aliphatic rings. The predicted molar refractivity (Wildman–Crippen MR) is 130 cm³/mol. The topological polar surface area (TPSA) is 0 Å². The highest BCUT2D eigenvalue weighted by Gasteiger charge is 2.19. The smallest absolute Gasteiger partial charge is 0.146 e. The number of hydrogen-bond acceptors (Lipinski definition) is 0. The summed E-state index contributed by atoms with van der Waals surface area (Å²) >= 11 is 0. The van der Waals surface area contributed by atoms with E-state index in [9.17, 15) is 0 Å². The van der Waals surface area contributed by atoms with Gasteiger partial charge in [0.15, 0.2) is 0 Å². The quantitative estimate of drug-likeness (QED) is 0.291. The fourth-order valence-electron chi connectivity index (χ4n) is 4.74. The Bertz CT molecular complexity index is 1070. The van der Waals surface area contributed by atoms with Gasteiger partial charge in [-0.25, -0.2) is 4.39 Å². The molecule has 0 nitrogen and oxygen atoms in total. The Kier molecular flexibility index (Phi) is 7.08. The van der Waals surface area contributed by atoms with Gasteiger partial charge in [-0.05, 0) is 72.2 Å². The van der Waals surface area contributed by atoms with Gasteiger partial charge in [-0.15, -0.1) is 0 Å². The molecule has 0 aromatic heterocycles. The van der Waals surface area contributed by atoms with Crippen molar-refractivity contribution >= 4 is 10.8 Å². The van der Waals surface area contributed by atoms with Crippen LogP contribution in [-0.2, 0) is 6.42 Å². The van der Waals surface area contributed by atoms with Crippen molar-refractivity contribution in [2.75, 3.05) is 0 Å². The Morgan fingerprint density at radius 1 is 0.871 bits per heavy atom. The Morgan fingerprint density at radius 3 is 2.39 bits per heavy atom. The first-order chi connectivity index (χ1) is 15.1. The molecule has 31 heavy (non-hydrogen) atoms. The van der Waals surface area contributed by atoms with Crippen molar-refractivity contribution in [1.82, 2.24) is 0 Å². The van der Waals surface area contributed by atoms with E-state index < -0.39 is 0 Å². The molecule has 1 saturated carbocycles. The van der Waals surface area contributed by atoms with Crippen LogP contribution in [0.2, 0.25) is 0 Å². The van der Waals surface area contributed by atoms with Crippen LogP contribution in [0, 0.1) is 23.6 Å². The molecule has 0 radical (unpaired) electrons. The molecular weight excluding hydrogens is 379 g/mol. The first-order valence-electron chi connectivity index (χ1n) is 12.0. The van der Waals surface area contributed by atoms with Gasteiger partial charge in [-0.3, -0.25) is 0 Å². The van der Waals surface area contributed by atoms with E-state index in [1.54, 1.807) is 0 Å². The highest BCUT2D eigenvalue weighted by Crippen LogP contribution is 2.35. The minimum absolute atomic E-state index is 0.210. The van der Waals surface area contributed by atoms with Gasteiger partial charge in [0, 0.05) is 10.9 Å². The van der Waals surface area contributed by atoms with Gasteiger partial charge in [-0.1, -0.05) is 87.8 Å². The number of halogens is 1. The maximum atomic E-state index is 15.0. The summed E-state index contributed by atoms with van der Waals surface area (Å²) in [6.45, 7) is 4.57. The molecule has 0 aliphatic heterocycles. The molecule has 0 bridgehead atoms. The lowest BCUT2D eigenvalue weighted by Gasteiger charge is -2.26. The number of hydrogen-bond donors (Lipinski definition) is 0. The zero-order valence-electron chi connectivity index (χ0n) is 18.9. The van der Waals surface area contributed by atoms with Gasteiger partial charge in [0.2, 0.25) is 0 Å². The molecule has 0 heterocycles. The summed E-state index contributed by atoms with van der Waals surface area (Å²) in [6.07, 6.45) is 9.93. The second-order valence-electron chi connectivity index (χ2n) is 9.27. The Hall–Kier alpha value is -2.59. The summed E-state index contributed by atoms with van der Waals surface area (Å²) in [4.78, 5) is 0. The largest absolute Gasteiger partial charge is 0.205 e. The predicted octanol–water partition coefficient (Wildman–Crippen LogP) is 8.41. The number of aryl methyl sites for hydroxylation is 1. The second kappa shape index (κ2) is 10.1. The third-order valence-corrected chi connectivity index (χ3v) is 6.83. The van der Waals surface area contributed by atoms with E-state index in [0.29, 0.717) is 16.9 Å². The van der Waals surface area contributed by atoms with Crippen LogP contribution in [0.25, 0.3) is 10.8 Å². The highest BCUT2D eigenvalue weighted by molar-refractivity contribution is 5.85. The summed E-state index contributed by atoms with van der Waals surface area (Å²) in [5.41, 5.74) is 4.12. The van der Waals surface area contributed by atoms with Gasteiger partial charge >= 0.3 is 0 Å². The highest BCUT2D eigenvalue weighted by atomic mass is 19.1. The first-order valence-corrected chi connectivity index (χ1v) is 12.0. The minimum Gasteiger partial charge on any atom is -0.205 e. The fourth-order valence-corrected chi connectivity index (χ4v) is 4.74. The average molecular weight is 413 g/mol. The second-order valence-corrected chi connectivity index (χ2v) is 9.27. The summed E-state index contributed by atoms with van der Waals surface area (Å²) < 4.78 is 15.0. The standard InChI is InChI=1S/C30H33F/c1-3-4-5-6-24-12-20-29-28(21-24)19-18-27(30(29)31)17-11-23-9-15-26(16-10-23)25-13-7-22(2)8-14-25/h9-10,12,15-16,18-22,25H,3-8,13-14H2,1-2H3. The van der Waals surface area contributed by atoms with E-state index in [1.807, 2.05) is 18.2 Å². The van der Waals surface area contributed by atoms with E-state index in [1.165, 1.54) is 56.1 Å². The van der Waals surface area contributed by atoms with E-state index in [2.05, 4.69) is 62.1 Å². The number of rotatable bonds is 5. The zero-order valence-corrected chi connectivity index (χ0v) is 18.9. The van der Waals surface area contributed by atoms with Gasteiger partial charge in [-0.2, -0.15) is 0 Å². The van der Waals surface area contributed by atoms with Crippen LogP contribution in [0.1, 0.15) is 87.0 Å². The lowest BCUT2D eigenvalue weighted by atomic mass is 9.79. The molecule has 1 fully saturated rings. The number of benzene rings is 3. The Balaban J connectivity index is 1.48. The molecule has 160 valence electrons. The van der Waals surface area contributed by atoms with Crippen molar-refractivity contribution in [1.29, 1.82) is 0 Å². The van der Waals surface area contributed by atoms with E-state index in [0.717, 1.165) is 23.3 Å². The molecule has 4 rings (SSSR count). The van der Waals surface area contributed by atoms with E-state index in [-0.39, 0.29) is 5.82 Å².